The summed E-state index contributed by atoms with van der Waals surface area (Å²) in [4.78, 5) is 105. The molecule has 90 heavy (non-hydrogen) atoms. The molecule has 0 radical (unpaired) electrons. The van der Waals surface area contributed by atoms with Gasteiger partial charge in [0, 0.05) is 118 Å². The molecule has 26 heteroatoms. The molecule has 6 amide bonds. The molecule has 0 saturated carbocycles. The van der Waals surface area contributed by atoms with Crippen LogP contribution in [0.2, 0.25) is 5.02 Å². The van der Waals surface area contributed by atoms with E-state index in [1.807, 2.05) is 42.5 Å². The zero-order valence-electron chi connectivity index (χ0n) is 48.8. The Hall–Kier alpha value is -9.43. The van der Waals surface area contributed by atoms with Gasteiger partial charge in [-0.15, -0.1) is 0 Å². The number of aromatic nitrogens is 2. The number of pyridine rings is 1. The predicted octanol–water partition coefficient (Wildman–Crippen LogP) is 7.99. The number of aromatic amines is 1. The van der Waals surface area contributed by atoms with Crippen LogP contribution in [-0.4, -0.2) is 152 Å². The third kappa shape index (κ3) is 13.3. The smallest absolute Gasteiger partial charge is 0.293 e. The van der Waals surface area contributed by atoms with Crippen LogP contribution in [0.3, 0.4) is 0 Å². The van der Waals surface area contributed by atoms with Gasteiger partial charge in [0.15, 0.2) is 0 Å². The van der Waals surface area contributed by atoms with E-state index in [0.717, 1.165) is 51.6 Å². The molecule has 2 aromatic heterocycles. The number of nitro benzene ring substituents is 1. The van der Waals surface area contributed by atoms with Crippen molar-refractivity contribution in [2.24, 2.45) is 11.8 Å². The number of halogens is 1. The number of H-pyrrole nitrogens is 1. The topological polar surface area (TPSA) is 297 Å². The number of ether oxygens (including phenoxy) is 3. The summed E-state index contributed by atoms with van der Waals surface area (Å²) >= 11 is 6.36. The van der Waals surface area contributed by atoms with Crippen LogP contribution in [0.4, 0.5) is 22.7 Å². The highest BCUT2D eigenvalue weighted by molar-refractivity contribution is 7.90. The molecule has 24 nitrogen and oxygen atoms in total. The standard InChI is InChI=1S/C64H64ClN11O13S/c65-43-9-7-41(8-10-43)47-3-2-6-55(88-38-40-18-23-74(24-19-40)58(78)36-68-52-5-1-4-49-59(52)64(82)75(63(49)81)53-15-16-57(77)70-62(53)80)50(47)37-72-25-27-73(28-26-72)44-11-13-48(56(32-44)89-45-31-42-17-22-66-60(42)69-35-45)61(79)71-90(85,86)46-12-14-51(54(33-46)76(83)84)67-34-39-20-29-87-30-21-39/h1-14,17,22,31-33,35,39-40,53,67-68H,15-16,18-21,23-30,34,36-38H2,(H,66,69)(H,71,79)(H,70,77,80). The first-order chi connectivity index (χ1) is 43.5. The third-order valence-electron chi connectivity index (χ3n) is 17.2. The summed E-state index contributed by atoms with van der Waals surface area (Å²) < 4.78 is 48.4. The second kappa shape index (κ2) is 26.3. The van der Waals surface area contributed by atoms with Gasteiger partial charge in [0.05, 0.1) is 45.9 Å². The number of fused-ring (bicyclic) bond motifs is 2. The number of anilines is 3. The highest BCUT2D eigenvalue weighted by Crippen LogP contribution is 2.38. The van der Waals surface area contributed by atoms with Crippen molar-refractivity contribution < 1.29 is 56.3 Å². The molecular formula is C64H64ClN11O13S. The van der Waals surface area contributed by atoms with Gasteiger partial charge < -0.3 is 39.6 Å². The Labute approximate surface area is 522 Å². The molecule has 0 bridgehead atoms. The monoisotopic (exact) mass is 1260 g/mol. The van der Waals surface area contributed by atoms with E-state index in [1.54, 1.807) is 41.4 Å². The van der Waals surface area contributed by atoms with Gasteiger partial charge in [-0.25, -0.2) is 18.1 Å². The minimum absolute atomic E-state index is 0.000956. The Morgan fingerprint density at radius 3 is 2.32 bits per heavy atom. The van der Waals surface area contributed by atoms with Crippen LogP contribution in [-0.2, 0) is 35.7 Å². The van der Waals surface area contributed by atoms with Crippen molar-refractivity contribution in [3.63, 3.8) is 0 Å². The number of rotatable bonds is 20. The van der Waals surface area contributed by atoms with Gasteiger partial charge in [-0.1, -0.05) is 41.9 Å². The van der Waals surface area contributed by atoms with Gasteiger partial charge in [-0.05, 0) is 122 Å². The summed E-state index contributed by atoms with van der Waals surface area (Å²) in [6, 6.07) is 29.2. The van der Waals surface area contributed by atoms with E-state index in [1.165, 1.54) is 30.5 Å². The first-order valence-corrected chi connectivity index (χ1v) is 31.7. The van der Waals surface area contributed by atoms with E-state index in [2.05, 4.69) is 46.5 Å². The lowest BCUT2D eigenvalue weighted by Crippen LogP contribution is -2.54. The number of nitro groups is 1. The lowest BCUT2D eigenvalue weighted by Gasteiger charge is -2.37. The summed E-state index contributed by atoms with van der Waals surface area (Å²) in [6.07, 6.45) is 6.20. The maximum absolute atomic E-state index is 14.2. The fraction of sp³-hybridized carbons (Fsp3) is 0.328. The number of piperazine rings is 1. The first kappa shape index (κ1) is 60.8. The molecule has 12 rings (SSSR count). The number of benzene rings is 5. The molecule has 1 atom stereocenters. The van der Waals surface area contributed by atoms with Crippen LogP contribution >= 0.6 is 11.6 Å². The Kier molecular flexibility index (Phi) is 17.8. The number of carbonyl (C=O) groups excluding carboxylic acids is 6. The highest BCUT2D eigenvalue weighted by atomic mass is 35.5. The molecule has 7 aromatic rings. The van der Waals surface area contributed by atoms with Crippen molar-refractivity contribution in [3.8, 4) is 28.4 Å². The lowest BCUT2D eigenvalue weighted by molar-refractivity contribution is -0.384. The molecule has 1 unspecified atom stereocenters. The van der Waals surface area contributed by atoms with Crippen LogP contribution in [0, 0.1) is 22.0 Å². The summed E-state index contributed by atoms with van der Waals surface area (Å²) in [5.74, 6) is -2.21. The van der Waals surface area contributed by atoms with E-state index in [-0.39, 0.29) is 65.3 Å². The second-order valence-corrected chi connectivity index (χ2v) is 25.0. The van der Waals surface area contributed by atoms with Gasteiger partial charge >= 0.3 is 0 Å². The average molecular weight is 1260 g/mol. The molecule has 466 valence electrons. The number of piperidine rings is 2. The molecule has 0 spiro atoms. The fourth-order valence-corrected chi connectivity index (χ4v) is 13.3. The number of likely N-dealkylation sites (tertiary alicyclic amines) is 1. The predicted molar refractivity (Wildman–Crippen MR) is 333 cm³/mol. The lowest BCUT2D eigenvalue weighted by atomic mass is 9.96. The molecule has 5 N–H and O–H groups in total. The van der Waals surface area contributed by atoms with Gasteiger partial charge in [-0.2, -0.15) is 0 Å². The SMILES string of the molecule is O=C1CCC(N2C(=O)c3cccc(NCC(=O)N4CCC(COc5cccc(-c6ccc(Cl)cc6)c5CN5CCN(c6ccc(C(=O)NS(=O)(=O)c7ccc(NCC8CCOCC8)c([N+](=O)[O-])c7)c(Oc7cnc8[nH]ccc8c7)c6)CC5)CC4)c3C2=O)C(=O)N1. The largest absolute Gasteiger partial charge is 0.493 e. The Balaban J connectivity index is 0.696. The van der Waals surface area contributed by atoms with Gasteiger partial charge in [0.2, 0.25) is 17.7 Å². The molecule has 7 heterocycles. The van der Waals surface area contributed by atoms with E-state index < -0.39 is 61.1 Å². The van der Waals surface area contributed by atoms with Crippen LogP contribution in [0.25, 0.3) is 22.2 Å². The average Bonchev–Trinajstić information content (AvgIpc) is 1.59. The zero-order valence-corrected chi connectivity index (χ0v) is 50.4. The van der Waals surface area contributed by atoms with Crippen molar-refractivity contribution >= 4 is 90.9 Å². The summed E-state index contributed by atoms with van der Waals surface area (Å²) in [5.41, 5.74) is 4.36. The maximum Gasteiger partial charge on any atom is 0.293 e. The van der Waals surface area contributed by atoms with Crippen molar-refractivity contribution in [2.75, 3.05) is 87.7 Å². The first-order valence-electron chi connectivity index (χ1n) is 29.8. The van der Waals surface area contributed by atoms with Gasteiger partial charge in [-0.3, -0.25) is 54.0 Å². The number of imide groups is 2. The maximum atomic E-state index is 14.2. The Morgan fingerprint density at radius 2 is 1.56 bits per heavy atom. The van der Waals surface area contributed by atoms with E-state index in [0.29, 0.717) is 113 Å². The van der Waals surface area contributed by atoms with Crippen LogP contribution < -0.4 is 35.0 Å². The summed E-state index contributed by atoms with van der Waals surface area (Å²) in [6.45, 7) is 5.80. The normalized spacial score (nSPS) is 17.7. The molecule has 5 aliphatic rings. The Morgan fingerprint density at radius 1 is 0.789 bits per heavy atom. The molecular weight excluding hydrogens is 1200 g/mol. The van der Waals surface area contributed by atoms with E-state index in [4.69, 9.17) is 25.8 Å². The molecule has 0 aliphatic carbocycles. The molecule has 4 fully saturated rings. The minimum Gasteiger partial charge on any atom is -0.493 e. The van der Waals surface area contributed by atoms with E-state index >= 15 is 0 Å². The van der Waals surface area contributed by atoms with Crippen LogP contribution in [0.15, 0.2) is 126 Å². The number of hydrogen-bond donors (Lipinski definition) is 5. The van der Waals surface area contributed by atoms with Crippen LogP contribution in [0.1, 0.15) is 75.2 Å². The van der Waals surface area contributed by atoms with Crippen molar-refractivity contribution in [1.29, 1.82) is 0 Å². The number of carbonyl (C=O) groups is 6. The number of sulfonamides is 1. The molecule has 5 aliphatic heterocycles. The van der Waals surface area contributed by atoms with Gasteiger partial charge in [0.25, 0.3) is 33.4 Å². The highest BCUT2D eigenvalue weighted by Gasteiger charge is 2.46. The summed E-state index contributed by atoms with van der Waals surface area (Å²) in [7, 11) is -4.64. The molecule has 5 aromatic carbocycles. The quantitative estimate of drug-likeness (QED) is 0.0274. The van der Waals surface area contributed by atoms with E-state index in [9.17, 15) is 47.3 Å². The number of amides is 6. The van der Waals surface area contributed by atoms with Crippen molar-refractivity contribution in [3.05, 3.63) is 159 Å². The molecule has 4 saturated heterocycles. The van der Waals surface area contributed by atoms with Crippen molar-refractivity contribution in [1.82, 2.24) is 34.7 Å². The number of hydrogen-bond acceptors (Lipinski definition) is 18. The Bertz CT molecular complexity index is 4070. The summed E-state index contributed by atoms with van der Waals surface area (Å²) in [5, 5.41) is 21.9. The minimum atomic E-state index is -4.64. The van der Waals surface area contributed by atoms with Gasteiger partial charge in [0.1, 0.15) is 34.6 Å². The fourth-order valence-electron chi connectivity index (χ4n) is 12.2. The van der Waals surface area contributed by atoms with Crippen molar-refractivity contribution in [2.45, 2.75) is 56.0 Å². The van der Waals surface area contributed by atoms with Crippen LogP contribution in [0.5, 0.6) is 17.2 Å². The zero-order chi connectivity index (χ0) is 62.6. The third-order valence-corrected chi connectivity index (χ3v) is 18.8. The second-order valence-electron chi connectivity index (χ2n) is 22.9. The number of nitrogens with zero attached hydrogens (tertiary/aromatic N) is 6. The number of nitrogens with one attached hydrogen (secondary N) is 5.